The van der Waals surface area contributed by atoms with Crippen LogP contribution >= 0.6 is 0 Å². The Morgan fingerprint density at radius 3 is 2.29 bits per heavy atom. The van der Waals surface area contributed by atoms with Crippen molar-refractivity contribution in [3.63, 3.8) is 0 Å². The molecule has 0 aliphatic heterocycles. The minimum Gasteiger partial charge on any atom is -0.389 e. The second kappa shape index (κ2) is 4.82. The number of benzene rings is 1. The second-order valence-corrected chi connectivity index (χ2v) is 7.83. The predicted molar refractivity (Wildman–Crippen MR) is 85.0 cm³/mol. The molecule has 0 saturated heterocycles. The van der Waals surface area contributed by atoms with Crippen LogP contribution < -0.4 is 5.73 Å². The first kappa shape index (κ1) is 13.8. The Hall–Kier alpha value is -0.860. The molecule has 0 bridgehead atoms. The zero-order valence-corrected chi connectivity index (χ0v) is 12.9. The molecular weight excluding hydrogens is 258 g/mol. The van der Waals surface area contributed by atoms with E-state index >= 15 is 0 Å². The van der Waals surface area contributed by atoms with Crippen LogP contribution in [0, 0.1) is 17.3 Å². The van der Waals surface area contributed by atoms with Crippen molar-refractivity contribution in [1.29, 1.82) is 0 Å². The van der Waals surface area contributed by atoms with Crippen LogP contribution in [0.15, 0.2) is 24.3 Å². The molecule has 21 heavy (non-hydrogen) atoms. The van der Waals surface area contributed by atoms with E-state index in [9.17, 15) is 5.11 Å². The fourth-order valence-corrected chi connectivity index (χ4v) is 5.10. The first-order chi connectivity index (χ1) is 10.2. The highest BCUT2D eigenvalue weighted by molar-refractivity contribution is 5.36. The maximum Gasteiger partial charge on any atom is 0.0724 e. The van der Waals surface area contributed by atoms with E-state index in [1.54, 1.807) is 0 Å². The Balaban J connectivity index is 1.63. The monoisotopic (exact) mass is 285 g/mol. The van der Waals surface area contributed by atoms with Crippen molar-refractivity contribution in [2.45, 2.75) is 57.0 Å². The van der Waals surface area contributed by atoms with E-state index in [0.29, 0.717) is 6.54 Å². The van der Waals surface area contributed by atoms with Crippen LogP contribution in [0.5, 0.6) is 0 Å². The summed E-state index contributed by atoms with van der Waals surface area (Å²) >= 11 is 0. The van der Waals surface area contributed by atoms with Gasteiger partial charge in [-0.15, -0.1) is 0 Å². The minimum atomic E-state index is -0.549. The van der Waals surface area contributed by atoms with E-state index in [4.69, 9.17) is 5.73 Å². The van der Waals surface area contributed by atoms with Gasteiger partial charge < -0.3 is 10.8 Å². The van der Waals surface area contributed by atoms with E-state index < -0.39 is 5.60 Å². The number of aliphatic hydroxyl groups is 1. The summed E-state index contributed by atoms with van der Waals surface area (Å²) < 4.78 is 0. The van der Waals surface area contributed by atoms with Crippen molar-refractivity contribution in [2.75, 3.05) is 6.54 Å². The summed E-state index contributed by atoms with van der Waals surface area (Å²) in [6.45, 7) is 0.607. The van der Waals surface area contributed by atoms with Gasteiger partial charge in [-0.05, 0) is 67.9 Å². The summed E-state index contributed by atoms with van der Waals surface area (Å²) in [7, 11) is 0. The minimum absolute atomic E-state index is 0.121. The van der Waals surface area contributed by atoms with Crippen LogP contribution in [-0.2, 0) is 12.8 Å². The molecule has 0 radical (unpaired) electrons. The summed E-state index contributed by atoms with van der Waals surface area (Å²) in [5, 5.41) is 11.6. The molecule has 2 unspecified atom stereocenters. The largest absolute Gasteiger partial charge is 0.389 e. The van der Waals surface area contributed by atoms with Crippen LogP contribution in [0.1, 0.15) is 49.7 Å². The van der Waals surface area contributed by atoms with Crippen molar-refractivity contribution in [3.05, 3.63) is 35.4 Å². The van der Waals surface area contributed by atoms with Gasteiger partial charge in [0.15, 0.2) is 0 Å². The summed E-state index contributed by atoms with van der Waals surface area (Å²) in [6, 6.07) is 8.67. The van der Waals surface area contributed by atoms with Crippen LogP contribution in [0.3, 0.4) is 0 Å². The van der Waals surface area contributed by atoms with Gasteiger partial charge in [0, 0.05) is 12.0 Å². The Morgan fingerprint density at radius 2 is 1.71 bits per heavy atom. The van der Waals surface area contributed by atoms with E-state index in [0.717, 1.165) is 37.5 Å². The molecule has 114 valence electrons. The molecule has 0 amide bonds. The van der Waals surface area contributed by atoms with Gasteiger partial charge in [0.1, 0.15) is 0 Å². The first-order valence-corrected chi connectivity index (χ1v) is 8.65. The van der Waals surface area contributed by atoms with Gasteiger partial charge in [0.25, 0.3) is 0 Å². The lowest BCUT2D eigenvalue weighted by molar-refractivity contribution is -0.116. The average Bonchev–Trinajstić information content (AvgIpc) is 3.27. The van der Waals surface area contributed by atoms with Crippen molar-refractivity contribution < 1.29 is 5.11 Å². The van der Waals surface area contributed by atoms with Gasteiger partial charge in [-0.25, -0.2) is 0 Å². The van der Waals surface area contributed by atoms with Crippen LogP contribution in [0.2, 0.25) is 0 Å². The van der Waals surface area contributed by atoms with Crippen molar-refractivity contribution in [2.24, 2.45) is 23.0 Å². The average molecular weight is 285 g/mol. The zero-order valence-electron chi connectivity index (χ0n) is 12.9. The summed E-state index contributed by atoms with van der Waals surface area (Å²) in [5.41, 5.74) is 8.39. The van der Waals surface area contributed by atoms with Gasteiger partial charge in [-0.3, -0.25) is 0 Å². The van der Waals surface area contributed by atoms with Crippen LogP contribution in [-0.4, -0.2) is 17.3 Å². The molecule has 0 spiro atoms. The standard InChI is InChI=1S/C19H27NO/c20-13-18(10-15-4-1-2-5-16(15)11-18)19(21)9-3-6-17(12-19)14-7-8-14/h1-2,4-5,14,17,21H,3,6-13,20H2. The van der Waals surface area contributed by atoms with Crippen molar-refractivity contribution in [3.8, 4) is 0 Å². The van der Waals surface area contributed by atoms with Crippen molar-refractivity contribution >= 4 is 0 Å². The molecule has 1 aromatic rings. The highest BCUT2D eigenvalue weighted by Gasteiger charge is 2.55. The van der Waals surface area contributed by atoms with Crippen LogP contribution in [0.4, 0.5) is 0 Å². The molecule has 0 heterocycles. The van der Waals surface area contributed by atoms with E-state index in [2.05, 4.69) is 24.3 Å². The van der Waals surface area contributed by atoms with Gasteiger partial charge >= 0.3 is 0 Å². The molecule has 1 aromatic carbocycles. The number of fused-ring (bicyclic) bond motifs is 1. The summed E-state index contributed by atoms with van der Waals surface area (Å²) in [6.07, 6.45) is 9.13. The van der Waals surface area contributed by atoms with Crippen LogP contribution in [0.25, 0.3) is 0 Å². The highest BCUT2D eigenvalue weighted by Crippen LogP contribution is 2.54. The van der Waals surface area contributed by atoms with E-state index in [1.807, 2.05) is 0 Å². The zero-order chi connectivity index (χ0) is 14.5. The van der Waals surface area contributed by atoms with Gasteiger partial charge in [-0.1, -0.05) is 30.7 Å². The molecule has 2 atom stereocenters. The Morgan fingerprint density at radius 1 is 1.05 bits per heavy atom. The molecule has 2 nitrogen and oxygen atoms in total. The topological polar surface area (TPSA) is 46.2 Å². The molecule has 2 fully saturated rings. The number of hydrogen-bond acceptors (Lipinski definition) is 2. The molecule has 3 N–H and O–H groups in total. The molecular formula is C19H27NO. The number of nitrogens with two attached hydrogens (primary N) is 1. The predicted octanol–water partition coefficient (Wildman–Crippen LogP) is 3.06. The van der Waals surface area contributed by atoms with E-state index in [1.165, 1.54) is 36.8 Å². The fourth-order valence-electron chi connectivity index (χ4n) is 5.10. The number of hydrogen-bond donors (Lipinski definition) is 2. The van der Waals surface area contributed by atoms with E-state index in [-0.39, 0.29) is 5.41 Å². The summed E-state index contributed by atoms with van der Waals surface area (Å²) in [5.74, 6) is 1.64. The Labute approximate surface area is 127 Å². The third kappa shape index (κ3) is 2.15. The lowest BCUT2D eigenvalue weighted by Crippen LogP contribution is -2.55. The third-order valence-corrected chi connectivity index (χ3v) is 6.61. The summed E-state index contributed by atoms with van der Waals surface area (Å²) in [4.78, 5) is 0. The highest BCUT2D eigenvalue weighted by atomic mass is 16.3. The molecule has 4 rings (SSSR count). The quantitative estimate of drug-likeness (QED) is 0.896. The molecule has 2 heteroatoms. The van der Waals surface area contributed by atoms with Gasteiger partial charge in [-0.2, -0.15) is 0 Å². The first-order valence-electron chi connectivity index (χ1n) is 8.65. The maximum absolute atomic E-state index is 11.6. The fraction of sp³-hybridized carbons (Fsp3) is 0.684. The Kier molecular flexibility index (Phi) is 3.16. The van der Waals surface area contributed by atoms with Gasteiger partial charge in [0.2, 0.25) is 0 Å². The molecule has 3 aliphatic carbocycles. The lowest BCUT2D eigenvalue weighted by Gasteiger charge is -2.49. The van der Waals surface area contributed by atoms with Gasteiger partial charge in [0.05, 0.1) is 5.60 Å². The number of rotatable bonds is 3. The Bertz CT molecular complexity index is 511. The van der Waals surface area contributed by atoms with Crippen molar-refractivity contribution in [1.82, 2.24) is 0 Å². The smallest absolute Gasteiger partial charge is 0.0724 e. The molecule has 2 saturated carbocycles. The molecule has 0 aromatic heterocycles. The SMILES string of the molecule is NCC1(C2(O)CCCC(C3CC3)C2)Cc2ccccc2C1. The maximum atomic E-state index is 11.6. The second-order valence-electron chi connectivity index (χ2n) is 7.83. The third-order valence-electron chi connectivity index (χ3n) is 6.61. The normalized spacial score (nSPS) is 34.7. The molecule has 3 aliphatic rings. The lowest BCUT2D eigenvalue weighted by atomic mass is 9.60.